The molecule has 1 N–H and O–H groups in total. The highest BCUT2D eigenvalue weighted by molar-refractivity contribution is 7.81. The van der Waals surface area contributed by atoms with Crippen molar-refractivity contribution in [3.8, 4) is 0 Å². The van der Waals surface area contributed by atoms with E-state index in [-0.39, 0.29) is 5.91 Å². The summed E-state index contributed by atoms with van der Waals surface area (Å²) in [6.45, 7) is 4.35. The Morgan fingerprint density at radius 2 is 2.07 bits per heavy atom. The summed E-state index contributed by atoms with van der Waals surface area (Å²) < 4.78 is 0. The largest absolute Gasteiger partial charge is 0.356 e. The van der Waals surface area contributed by atoms with E-state index in [1.165, 1.54) is 0 Å². The summed E-state index contributed by atoms with van der Waals surface area (Å²) in [6.07, 6.45) is 5.52. The Balaban J connectivity index is 3.26. The van der Waals surface area contributed by atoms with Crippen LogP contribution in [0, 0.1) is 6.92 Å². The minimum Gasteiger partial charge on any atom is -0.356 e. The quantitative estimate of drug-likeness (QED) is 0.425. The predicted molar refractivity (Wildman–Crippen MR) is 72.7 cm³/mol. The summed E-state index contributed by atoms with van der Waals surface area (Å²) in [5.74, 6) is 1.03. The summed E-state index contributed by atoms with van der Waals surface area (Å²) in [5, 5.41) is 3.25. The highest BCUT2D eigenvalue weighted by atomic mass is 32.1. The molecule has 0 bridgehead atoms. The lowest BCUT2D eigenvalue weighted by molar-refractivity contribution is -0.121. The molecule has 1 unspecified atom stereocenters. The molecule has 4 heteroatoms. The van der Waals surface area contributed by atoms with E-state index in [2.05, 4.69) is 37.5 Å². The van der Waals surface area contributed by atoms with E-state index in [1.54, 1.807) is 0 Å². The SMILES string of the molecule is [CH2]CCNC(=O)CCCCC(S)CCS. The fraction of sp³-hybridized carbons (Fsp3) is 0.818. The molecular formula is C11H22NOS2. The number of nitrogens with one attached hydrogen (secondary N) is 1. The normalized spacial score (nSPS) is 12.5. The molecule has 15 heavy (non-hydrogen) atoms. The third-order valence-corrected chi connectivity index (χ3v) is 2.93. The molecule has 0 aliphatic carbocycles. The molecule has 0 aromatic carbocycles. The lowest BCUT2D eigenvalue weighted by Crippen LogP contribution is -2.23. The Labute approximate surface area is 104 Å². The average molecular weight is 248 g/mol. The molecule has 1 radical (unpaired) electrons. The van der Waals surface area contributed by atoms with Gasteiger partial charge in [-0.3, -0.25) is 4.79 Å². The number of hydrogen-bond acceptors (Lipinski definition) is 3. The first-order valence-corrected chi connectivity index (χ1v) is 6.70. The van der Waals surface area contributed by atoms with E-state index >= 15 is 0 Å². The van der Waals surface area contributed by atoms with Gasteiger partial charge in [-0.05, 0) is 31.4 Å². The molecule has 0 aromatic heterocycles. The topological polar surface area (TPSA) is 29.1 Å². The van der Waals surface area contributed by atoms with Gasteiger partial charge in [-0.2, -0.15) is 25.3 Å². The van der Waals surface area contributed by atoms with E-state index in [0.717, 1.165) is 37.9 Å². The Kier molecular flexibility index (Phi) is 10.8. The van der Waals surface area contributed by atoms with Crippen LogP contribution in [0.25, 0.3) is 0 Å². The second-order valence-corrected chi connectivity index (χ2v) is 4.79. The fourth-order valence-corrected chi connectivity index (χ4v) is 2.10. The lowest BCUT2D eigenvalue weighted by atomic mass is 10.1. The number of carbonyl (C=O) groups is 1. The van der Waals surface area contributed by atoms with Crippen LogP contribution in [0.5, 0.6) is 0 Å². The first kappa shape index (κ1) is 15.2. The Morgan fingerprint density at radius 1 is 1.33 bits per heavy atom. The van der Waals surface area contributed by atoms with E-state index in [9.17, 15) is 4.79 Å². The number of amides is 1. The van der Waals surface area contributed by atoms with Gasteiger partial charge >= 0.3 is 0 Å². The minimum absolute atomic E-state index is 0.142. The van der Waals surface area contributed by atoms with Gasteiger partial charge in [-0.15, -0.1) is 0 Å². The van der Waals surface area contributed by atoms with Gasteiger partial charge in [-0.1, -0.05) is 13.3 Å². The highest BCUT2D eigenvalue weighted by Crippen LogP contribution is 2.12. The summed E-state index contributed by atoms with van der Waals surface area (Å²) in [4.78, 5) is 11.2. The molecule has 0 aliphatic rings. The zero-order chi connectivity index (χ0) is 11.5. The average Bonchev–Trinajstić information content (AvgIpc) is 2.22. The summed E-state index contributed by atoms with van der Waals surface area (Å²) in [7, 11) is 0. The van der Waals surface area contributed by atoms with Crippen LogP contribution in [0.15, 0.2) is 0 Å². The zero-order valence-electron chi connectivity index (χ0n) is 9.24. The van der Waals surface area contributed by atoms with Gasteiger partial charge in [0.05, 0.1) is 0 Å². The van der Waals surface area contributed by atoms with Crippen molar-refractivity contribution in [2.45, 2.75) is 43.8 Å². The fourth-order valence-electron chi connectivity index (χ4n) is 1.28. The minimum atomic E-state index is 0.142. The summed E-state index contributed by atoms with van der Waals surface area (Å²) >= 11 is 8.59. The first-order valence-electron chi connectivity index (χ1n) is 5.55. The molecule has 0 aromatic rings. The van der Waals surface area contributed by atoms with Gasteiger partial charge in [0, 0.05) is 18.2 Å². The van der Waals surface area contributed by atoms with Crippen LogP contribution < -0.4 is 5.32 Å². The maximum Gasteiger partial charge on any atom is 0.219 e. The van der Waals surface area contributed by atoms with Crippen molar-refractivity contribution in [3.05, 3.63) is 6.92 Å². The third-order valence-electron chi connectivity index (χ3n) is 2.15. The van der Waals surface area contributed by atoms with Crippen LogP contribution in [-0.4, -0.2) is 23.5 Å². The molecule has 1 atom stereocenters. The standard InChI is InChI=1S/C11H22NOS2/c1-2-8-12-11(13)6-4-3-5-10(15)7-9-14/h10,14-15H,1-9H2,(H,12,13). The van der Waals surface area contributed by atoms with Crippen LogP contribution in [0.1, 0.15) is 38.5 Å². The Hall–Kier alpha value is 0.170. The van der Waals surface area contributed by atoms with E-state index in [1.807, 2.05) is 0 Å². The highest BCUT2D eigenvalue weighted by Gasteiger charge is 2.03. The van der Waals surface area contributed by atoms with Crippen LogP contribution in [0.3, 0.4) is 0 Å². The molecule has 2 nitrogen and oxygen atoms in total. The maximum atomic E-state index is 11.2. The number of carbonyl (C=O) groups excluding carboxylic acids is 1. The molecule has 0 saturated heterocycles. The maximum absolute atomic E-state index is 11.2. The molecule has 1 amide bonds. The monoisotopic (exact) mass is 248 g/mol. The van der Waals surface area contributed by atoms with Crippen LogP contribution >= 0.6 is 25.3 Å². The van der Waals surface area contributed by atoms with Gasteiger partial charge in [0.15, 0.2) is 0 Å². The van der Waals surface area contributed by atoms with Crippen molar-refractivity contribution < 1.29 is 4.79 Å². The molecule has 0 spiro atoms. The summed E-state index contributed by atoms with van der Waals surface area (Å²) in [6, 6.07) is 0. The van der Waals surface area contributed by atoms with Crippen LogP contribution in [0.2, 0.25) is 0 Å². The second kappa shape index (κ2) is 10.7. The van der Waals surface area contributed by atoms with Crippen LogP contribution in [0.4, 0.5) is 0 Å². The van der Waals surface area contributed by atoms with Gasteiger partial charge < -0.3 is 5.32 Å². The van der Waals surface area contributed by atoms with E-state index in [0.29, 0.717) is 18.2 Å². The first-order chi connectivity index (χ1) is 7.20. The van der Waals surface area contributed by atoms with Crippen molar-refractivity contribution >= 4 is 31.2 Å². The molecule has 0 saturated carbocycles. The van der Waals surface area contributed by atoms with Gasteiger partial charge in [0.1, 0.15) is 0 Å². The van der Waals surface area contributed by atoms with Crippen molar-refractivity contribution in [2.75, 3.05) is 12.3 Å². The summed E-state index contributed by atoms with van der Waals surface area (Å²) in [5.41, 5.74) is 0. The lowest BCUT2D eigenvalue weighted by Gasteiger charge is -2.08. The molecular weight excluding hydrogens is 226 g/mol. The molecule has 0 rings (SSSR count). The molecule has 89 valence electrons. The van der Waals surface area contributed by atoms with Gasteiger partial charge in [-0.25, -0.2) is 0 Å². The third kappa shape index (κ3) is 10.5. The van der Waals surface area contributed by atoms with E-state index in [4.69, 9.17) is 0 Å². The smallest absolute Gasteiger partial charge is 0.219 e. The Morgan fingerprint density at radius 3 is 2.67 bits per heavy atom. The number of thiol groups is 2. The van der Waals surface area contributed by atoms with E-state index < -0.39 is 0 Å². The van der Waals surface area contributed by atoms with Gasteiger partial charge in [0.25, 0.3) is 0 Å². The second-order valence-electron chi connectivity index (χ2n) is 3.62. The molecule has 0 fully saturated rings. The molecule has 0 heterocycles. The molecule has 0 aliphatic heterocycles. The zero-order valence-corrected chi connectivity index (χ0v) is 11.0. The van der Waals surface area contributed by atoms with Crippen molar-refractivity contribution in [2.24, 2.45) is 0 Å². The van der Waals surface area contributed by atoms with Crippen LogP contribution in [-0.2, 0) is 4.79 Å². The van der Waals surface area contributed by atoms with Crippen molar-refractivity contribution in [3.63, 3.8) is 0 Å². The number of rotatable bonds is 9. The van der Waals surface area contributed by atoms with Crippen molar-refractivity contribution in [1.29, 1.82) is 0 Å². The predicted octanol–water partition coefficient (Wildman–Crippen LogP) is 2.51. The van der Waals surface area contributed by atoms with Crippen molar-refractivity contribution in [1.82, 2.24) is 5.32 Å². The Bertz CT molecular complexity index is 165. The number of hydrogen-bond donors (Lipinski definition) is 3. The van der Waals surface area contributed by atoms with Gasteiger partial charge in [0.2, 0.25) is 5.91 Å². The number of unbranched alkanes of at least 4 members (excludes halogenated alkanes) is 1.